The maximum absolute atomic E-state index is 10.9. The summed E-state index contributed by atoms with van der Waals surface area (Å²) in [7, 11) is 1.63. The molecular formula is C7H12N2O. The summed E-state index contributed by atoms with van der Waals surface area (Å²) in [5.74, 6) is 2.23. The molecule has 0 aromatic rings. The van der Waals surface area contributed by atoms with Gasteiger partial charge < -0.3 is 10.6 Å². The molecule has 0 rings (SSSR count). The molecule has 1 atom stereocenters. The van der Waals surface area contributed by atoms with Crippen LogP contribution in [0.1, 0.15) is 6.92 Å². The number of carbonyl (C=O) groups excluding carboxylic acids is 1. The van der Waals surface area contributed by atoms with E-state index in [1.54, 1.807) is 14.0 Å². The third-order valence-corrected chi connectivity index (χ3v) is 1.09. The van der Waals surface area contributed by atoms with E-state index in [0.717, 1.165) is 0 Å². The zero-order chi connectivity index (χ0) is 8.15. The van der Waals surface area contributed by atoms with Gasteiger partial charge in [0.2, 0.25) is 5.91 Å². The van der Waals surface area contributed by atoms with Gasteiger partial charge >= 0.3 is 0 Å². The molecule has 0 bridgehead atoms. The molecule has 2 N–H and O–H groups in total. The number of hydrogen-bond donors (Lipinski definition) is 1. The summed E-state index contributed by atoms with van der Waals surface area (Å²) in [5, 5.41) is 0. The Balaban J connectivity index is 3.85. The predicted molar refractivity (Wildman–Crippen MR) is 40.1 cm³/mol. The molecule has 3 heteroatoms. The fourth-order valence-corrected chi connectivity index (χ4v) is 0.562. The van der Waals surface area contributed by atoms with Crippen LogP contribution in [0.15, 0.2) is 0 Å². The number of amides is 1. The third kappa shape index (κ3) is 2.51. The van der Waals surface area contributed by atoms with Crippen molar-refractivity contribution in [3.05, 3.63) is 0 Å². The van der Waals surface area contributed by atoms with Crippen LogP contribution in [0, 0.1) is 12.3 Å². The number of likely N-dealkylation sites (N-methyl/N-ethyl adjacent to an activating group) is 1. The van der Waals surface area contributed by atoms with Crippen molar-refractivity contribution in [3.63, 3.8) is 0 Å². The van der Waals surface area contributed by atoms with Crippen molar-refractivity contribution in [2.45, 2.75) is 13.0 Å². The molecule has 0 heterocycles. The third-order valence-electron chi connectivity index (χ3n) is 1.09. The number of nitrogens with zero attached hydrogens (tertiary/aromatic N) is 1. The van der Waals surface area contributed by atoms with Gasteiger partial charge in [-0.15, -0.1) is 6.42 Å². The highest BCUT2D eigenvalue weighted by Gasteiger charge is 2.10. The monoisotopic (exact) mass is 140 g/mol. The van der Waals surface area contributed by atoms with Crippen molar-refractivity contribution in [1.82, 2.24) is 4.90 Å². The summed E-state index contributed by atoms with van der Waals surface area (Å²) in [4.78, 5) is 12.4. The van der Waals surface area contributed by atoms with Crippen LogP contribution in [0.25, 0.3) is 0 Å². The first-order valence-corrected chi connectivity index (χ1v) is 3.03. The van der Waals surface area contributed by atoms with Crippen LogP contribution in [0.2, 0.25) is 0 Å². The number of terminal acetylenes is 1. The van der Waals surface area contributed by atoms with E-state index in [2.05, 4.69) is 5.92 Å². The van der Waals surface area contributed by atoms with Gasteiger partial charge in [-0.25, -0.2) is 0 Å². The molecule has 0 aliphatic heterocycles. The molecule has 1 amide bonds. The van der Waals surface area contributed by atoms with E-state index < -0.39 is 6.04 Å². The Morgan fingerprint density at radius 3 is 2.70 bits per heavy atom. The first-order valence-electron chi connectivity index (χ1n) is 3.03. The van der Waals surface area contributed by atoms with Gasteiger partial charge in [-0.05, 0) is 6.92 Å². The molecule has 0 radical (unpaired) electrons. The van der Waals surface area contributed by atoms with Crippen molar-refractivity contribution in [1.29, 1.82) is 0 Å². The molecule has 0 fully saturated rings. The summed E-state index contributed by atoms with van der Waals surface area (Å²) in [6.07, 6.45) is 4.98. The lowest BCUT2D eigenvalue weighted by molar-refractivity contribution is -0.130. The van der Waals surface area contributed by atoms with Gasteiger partial charge in [0.1, 0.15) is 0 Å². The van der Waals surface area contributed by atoms with E-state index in [1.165, 1.54) is 4.90 Å². The standard InChI is InChI=1S/C7H12N2O/c1-4-5-9(3)7(10)6(2)8/h1,6H,5,8H2,2-3H3. The average Bonchev–Trinajstić information content (AvgIpc) is 1.87. The van der Waals surface area contributed by atoms with Crippen LogP contribution in [-0.2, 0) is 4.79 Å². The quantitative estimate of drug-likeness (QED) is 0.522. The van der Waals surface area contributed by atoms with Crippen LogP contribution >= 0.6 is 0 Å². The largest absolute Gasteiger partial charge is 0.333 e. The molecule has 3 nitrogen and oxygen atoms in total. The Morgan fingerprint density at radius 1 is 1.90 bits per heavy atom. The Morgan fingerprint density at radius 2 is 2.40 bits per heavy atom. The van der Waals surface area contributed by atoms with Crippen LogP contribution in [0.5, 0.6) is 0 Å². The molecular weight excluding hydrogens is 128 g/mol. The lowest BCUT2D eigenvalue weighted by Crippen LogP contribution is -2.39. The highest BCUT2D eigenvalue weighted by atomic mass is 16.2. The number of nitrogens with two attached hydrogens (primary N) is 1. The van der Waals surface area contributed by atoms with Crippen LogP contribution in [-0.4, -0.2) is 30.4 Å². The van der Waals surface area contributed by atoms with Crippen molar-refractivity contribution in [2.75, 3.05) is 13.6 Å². The lowest BCUT2D eigenvalue weighted by atomic mass is 10.3. The fourth-order valence-electron chi connectivity index (χ4n) is 0.562. The molecule has 56 valence electrons. The van der Waals surface area contributed by atoms with Crippen molar-refractivity contribution >= 4 is 5.91 Å². The van der Waals surface area contributed by atoms with Gasteiger partial charge in [-0.3, -0.25) is 4.79 Å². The summed E-state index contributed by atoms with van der Waals surface area (Å²) < 4.78 is 0. The topological polar surface area (TPSA) is 46.3 Å². The van der Waals surface area contributed by atoms with E-state index in [-0.39, 0.29) is 5.91 Å². The molecule has 0 aliphatic carbocycles. The molecule has 0 aromatic carbocycles. The molecule has 0 saturated carbocycles. The zero-order valence-electron chi connectivity index (χ0n) is 6.29. The molecule has 0 spiro atoms. The number of hydrogen-bond acceptors (Lipinski definition) is 2. The van der Waals surface area contributed by atoms with Gasteiger partial charge in [0.15, 0.2) is 0 Å². The average molecular weight is 140 g/mol. The second-order valence-electron chi connectivity index (χ2n) is 2.19. The van der Waals surface area contributed by atoms with Gasteiger partial charge in [0.25, 0.3) is 0 Å². The van der Waals surface area contributed by atoms with Gasteiger partial charge in [-0.1, -0.05) is 5.92 Å². The van der Waals surface area contributed by atoms with E-state index in [9.17, 15) is 4.79 Å². The summed E-state index contributed by atoms with van der Waals surface area (Å²) >= 11 is 0. The first kappa shape index (κ1) is 8.99. The van der Waals surface area contributed by atoms with E-state index in [0.29, 0.717) is 6.54 Å². The van der Waals surface area contributed by atoms with Gasteiger partial charge in [0, 0.05) is 7.05 Å². The van der Waals surface area contributed by atoms with Crippen molar-refractivity contribution in [2.24, 2.45) is 5.73 Å². The Kier molecular flexibility index (Phi) is 3.52. The zero-order valence-corrected chi connectivity index (χ0v) is 6.29. The van der Waals surface area contributed by atoms with Gasteiger partial charge in [0.05, 0.1) is 12.6 Å². The van der Waals surface area contributed by atoms with E-state index >= 15 is 0 Å². The number of rotatable bonds is 2. The predicted octanol–water partition coefficient (Wildman–Crippen LogP) is -0.575. The fraction of sp³-hybridized carbons (Fsp3) is 0.571. The molecule has 0 saturated heterocycles. The Hall–Kier alpha value is -1.01. The summed E-state index contributed by atoms with van der Waals surface area (Å²) in [5.41, 5.74) is 5.31. The minimum Gasteiger partial charge on any atom is -0.333 e. The SMILES string of the molecule is C#CCN(C)C(=O)C(C)N. The molecule has 0 aliphatic rings. The first-order chi connectivity index (χ1) is 4.59. The molecule has 0 aromatic heterocycles. The normalized spacial score (nSPS) is 11.8. The van der Waals surface area contributed by atoms with Crippen molar-refractivity contribution < 1.29 is 4.79 Å². The summed E-state index contributed by atoms with van der Waals surface area (Å²) in [6.45, 7) is 1.95. The summed E-state index contributed by atoms with van der Waals surface area (Å²) in [6, 6.07) is -0.460. The number of carbonyl (C=O) groups is 1. The van der Waals surface area contributed by atoms with Crippen LogP contribution in [0.3, 0.4) is 0 Å². The van der Waals surface area contributed by atoms with Crippen LogP contribution < -0.4 is 5.73 Å². The maximum Gasteiger partial charge on any atom is 0.239 e. The smallest absolute Gasteiger partial charge is 0.239 e. The van der Waals surface area contributed by atoms with E-state index in [1.807, 2.05) is 0 Å². The molecule has 1 unspecified atom stereocenters. The minimum absolute atomic E-state index is 0.127. The van der Waals surface area contributed by atoms with Gasteiger partial charge in [-0.2, -0.15) is 0 Å². The molecule has 10 heavy (non-hydrogen) atoms. The highest BCUT2D eigenvalue weighted by molar-refractivity contribution is 5.81. The van der Waals surface area contributed by atoms with E-state index in [4.69, 9.17) is 12.2 Å². The highest BCUT2D eigenvalue weighted by Crippen LogP contribution is 1.86. The van der Waals surface area contributed by atoms with Crippen LogP contribution in [0.4, 0.5) is 0 Å². The lowest BCUT2D eigenvalue weighted by Gasteiger charge is -2.15. The second-order valence-corrected chi connectivity index (χ2v) is 2.19. The Bertz CT molecular complexity index is 157. The Labute approximate surface area is 61.2 Å². The second kappa shape index (κ2) is 3.91. The van der Waals surface area contributed by atoms with Crippen molar-refractivity contribution in [3.8, 4) is 12.3 Å². The minimum atomic E-state index is -0.460. The maximum atomic E-state index is 10.9.